The molecular formula is C21H21F3O4. The van der Waals surface area contributed by atoms with Gasteiger partial charge in [0.25, 0.3) is 5.60 Å². The van der Waals surface area contributed by atoms with Crippen LogP contribution in [0, 0.1) is 6.92 Å². The van der Waals surface area contributed by atoms with Gasteiger partial charge in [-0.1, -0.05) is 48.5 Å². The second-order valence-electron chi connectivity index (χ2n) is 6.07. The maximum absolute atomic E-state index is 13.8. The minimum atomic E-state index is -5.01. The van der Waals surface area contributed by atoms with Gasteiger partial charge in [0.2, 0.25) is 0 Å². The van der Waals surface area contributed by atoms with Crippen molar-refractivity contribution in [2.75, 3.05) is 7.11 Å². The van der Waals surface area contributed by atoms with Crippen LogP contribution in [0.5, 0.6) is 5.75 Å². The molecule has 2 aromatic carbocycles. The number of ether oxygens (including phenoxy) is 3. The predicted molar refractivity (Wildman–Crippen MR) is 97.7 cm³/mol. The fourth-order valence-electron chi connectivity index (χ4n) is 2.59. The van der Waals surface area contributed by atoms with Gasteiger partial charge < -0.3 is 14.2 Å². The van der Waals surface area contributed by atoms with E-state index in [0.717, 1.165) is 12.7 Å². The highest BCUT2D eigenvalue weighted by molar-refractivity contribution is 5.83. The Balaban J connectivity index is 2.17. The summed E-state index contributed by atoms with van der Waals surface area (Å²) in [5.41, 5.74) is -2.69. The number of carbonyl (C=O) groups excluding carboxylic acids is 1. The van der Waals surface area contributed by atoms with Crippen molar-refractivity contribution in [2.24, 2.45) is 0 Å². The summed E-state index contributed by atoms with van der Waals surface area (Å²) in [6.07, 6.45) is -3.38. The molecule has 2 atom stereocenters. The number of halogens is 3. The lowest BCUT2D eigenvalue weighted by atomic mass is 9.92. The normalized spacial score (nSPS) is 15.1. The Labute approximate surface area is 161 Å². The molecular weight excluding hydrogens is 373 g/mol. The monoisotopic (exact) mass is 394 g/mol. The first-order chi connectivity index (χ1) is 13.2. The van der Waals surface area contributed by atoms with E-state index < -0.39 is 23.9 Å². The van der Waals surface area contributed by atoms with Crippen LogP contribution in [0.25, 0.3) is 0 Å². The van der Waals surface area contributed by atoms with Crippen molar-refractivity contribution >= 4 is 5.97 Å². The Morgan fingerprint density at radius 2 is 1.64 bits per heavy atom. The molecule has 0 saturated carbocycles. The Morgan fingerprint density at radius 1 is 1.04 bits per heavy atom. The number of methoxy groups -OCH3 is 1. The van der Waals surface area contributed by atoms with Crippen molar-refractivity contribution in [1.29, 1.82) is 0 Å². The third kappa shape index (κ3) is 4.54. The van der Waals surface area contributed by atoms with Gasteiger partial charge in [0.15, 0.2) is 0 Å². The van der Waals surface area contributed by atoms with E-state index >= 15 is 0 Å². The molecule has 0 bridgehead atoms. The summed E-state index contributed by atoms with van der Waals surface area (Å²) < 4.78 is 56.6. The van der Waals surface area contributed by atoms with Crippen LogP contribution in [0.3, 0.4) is 0 Å². The standard InChI is InChI=1S/C21H21F3O4/c1-15-9-7-8-12-18(15)27-14-13-16(2)28-19(25)20(26-3,21(22,23)24)17-10-5-4-6-11-17/h4-14,16H,1-3H3. The van der Waals surface area contributed by atoms with Gasteiger partial charge in [0.1, 0.15) is 11.9 Å². The Kier molecular flexibility index (Phi) is 6.85. The van der Waals surface area contributed by atoms with E-state index in [9.17, 15) is 18.0 Å². The van der Waals surface area contributed by atoms with Crippen molar-refractivity contribution in [3.63, 3.8) is 0 Å². The summed E-state index contributed by atoms with van der Waals surface area (Å²) in [6, 6.07) is 13.9. The van der Waals surface area contributed by atoms with E-state index in [2.05, 4.69) is 4.74 Å². The fraction of sp³-hybridized carbons (Fsp3) is 0.286. The maximum Gasteiger partial charge on any atom is 0.432 e. The number of hydrogen-bond acceptors (Lipinski definition) is 4. The average molecular weight is 394 g/mol. The highest BCUT2D eigenvalue weighted by Crippen LogP contribution is 2.43. The molecule has 0 radical (unpaired) electrons. The molecule has 0 aromatic heterocycles. The number of benzene rings is 2. The van der Waals surface area contributed by atoms with Crippen LogP contribution in [0.4, 0.5) is 13.2 Å². The van der Waals surface area contributed by atoms with Gasteiger partial charge in [-0.05, 0) is 31.6 Å². The van der Waals surface area contributed by atoms with Crippen LogP contribution in [0.15, 0.2) is 66.9 Å². The maximum atomic E-state index is 13.8. The Hall–Kier alpha value is -2.80. The summed E-state index contributed by atoms with van der Waals surface area (Å²) in [5.74, 6) is -0.968. The van der Waals surface area contributed by atoms with E-state index in [1.165, 1.54) is 43.5 Å². The molecule has 2 unspecified atom stereocenters. The largest absolute Gasteiger partial charge is 0.465 e. The molecule has 0 amide bonds. The minimum Gasteiger partial charge on any atom is -0.465 e. The first-order valence-corrected chi connectivity index (χ1v) is 8.50. The van der Waals surface area contributed by atoms with Crippen LogP contribution in [-0.4, -0.2) is 25.4 Å². The smallest absolute Gasteiger partial charge is 0.432 e. The molecule has 0 spiro atoms. The molecule has 2 rings (SSSR count). The summed E-state index contributed by atoms with van der Waals surface area (Å²) in [4.78, 5) is 12.5. The molecule has 0 aliphatic heterocycles. The van der Waals surface area contributed by atoms with E-state index in [0.29, 0.717) is 5.75 Å². The van der Waals surface area contributed by atoms with Crippen molar-refractivity contribution in [3.8, 4) is 5.75 Å². The lowest BCUT2D eigenvalue weighted by Gasteiger charge is -2.33. The SMILES string of the molecule is COC(C(=O)OC(C)C=COc1ccccc1C)(c1ccccc1)C(F)(F)F. The van der Waals surface area contributed by atoms with Crippen LogP contribution < -0.4 is 4.74 Å². The molecule has 2 aromatic rings. The molecule has 0 heterocycles. The van der Waals surface area contributed by atoms with Gasteiger partial charge >= 0.3 is 12.1 Å². The quantitative estimate of drug-likeness (QED) is 0.494. The van der Waals surface area contributed by atoms with Gasteiger partial charge in [0, 0.05) is 12.7 Å². The molecule has 150 valence electrons. The first-order valence-electron chi connectivity index (χ1n) is 8.50. The van der Waals surface area contributed by atoms with Gasteiger partial charge in [-0.2, -0.15) is 13.2 Å². The lowest BCUT2D eigenvalue weighted by Crippen LogP contribution is -2.52. The zero-order chi connectivity index (χ0) is 20.8. The van der Waals surface area contributed by atoms with Crippen LogP contribution in [0.2, 0.25) is 0 Å². The molecule has 0 fully saturated rings. The third-order valence-electron chi connectivity index (χ3n) is 4.10. The zero-order valence-electron chi connectivity index (χ0n) is 15.7. The number of carbonyl (C=O) groups is 1. The molecule has 0 aliphatic carbocycles. The molecule has 0 aliphatic rings. The Morgan fingerprint density at radius 3 is 2.21 bits per heavy atom. The number of rotatable bonds is 7. The highest BCUT2D eigenvalue weighted by Gasteiger charge is 2.64. The molecule has 0 saturated heterocycles. The fourth-order valence-corrected chi connectivity index (χ4v) is 2.59. The van der Waals surface area contributed by atoms with E-state index in [1.54, 1.807) is 18.2 Å². The van der Waals surface area contributed by atoms with Crippen molar-refractivity contribution < 1.29 is 32.2 Å². The van der Waals surface area contributed by atoms with Crippen LogP contribution >= 0.6 is 0 Å². The number of hydrogen-bond donors (Lipinski definition) is 0. The van der Waals surface area contributed by atoms with E-state index in [1.807, 2.05) is 19.1 Å². The molecule has 7 heteroatoms. The van der Waals surface area contributed by atoms with Crippen LogP contribution in [-0.2, 0) is 19.9 Å². The number of aryl methyl sites for hydroxylation is 1. The van der Waals surface area contributed by atoms with E-state index in [-0.39, 0.29) is 5.56 Å². The molecule has 4 nitrogen and oxygen atoms in total. The summed E-state index contributed by atoms with van der Waals surface area (Å²) >= 11 is 0. The predicted octanol–water partition coefficient (Wildman–Crippen LogP) is 4.92. The summed E-state index contributed by atoms with van der Waals surface area (Å²) in [5, 5.41) is 0. The minimum absolute atomic E-state index is 0.359. The van der Waals surface area contributed by atoms with Gasteiger partial charge in [-0.3, -0.25) is 0 Å². The molecule has 28 heavy (non-hydrogen) atoms. The summed E-state index contributed by atoms with van der Waals surface area (Å²) in [6.45, 7) is 3.28. The first kappa shape index (κ1) is 21.5. The third-order valence-corrected chi connectivity index (χ3v) is 4.10. The number of para-hydroxylation sites is 1. The van der Waals surface area contributed by atoms with Crippen LogP contribution in [0.1, 0.15) is 18.1 Å². The second kappa shape index (κ2) is 8.93. The van der Waals surface area contributed by atoms with Gasteiger partial charge in [-0.15, -0.1) is 0 Å². The topological polar surface area (TPSA) is 44.8 Å². The Bertz CT molecular complexity index is 818. The van der Waals surface area contributed by atoms with Gasteiger partial charge in [0.05, 0.1) is 6.26 Å². The highest BCUT2D eigenvalue weighted by atomic mass is 19.4. The number of esters is 1. The van der Waals surface area contributed by atoms with Crippen molar-refractivity contribution in [2.45, 2.75) is 31.7 Å². The van der Waals surface area contributed by atoms with Crippen molar-refractivity contribution in [1.82, 2.24) is 0 Å². The summed E-state index contributed by atoms with van der Waals surface area (Å²) in [7, 11) is 0.823. The van der Waals surface area contributed by atoms with Gasteiger partial charge in [-0.25, -0.2) is 4.79 Å². The molecule has 0 N–H and O–H groups in total. The second-order valence-corrected chi connectivity index (χ2v) is 6.07. The average Bonchev–Trinajstić information content (AvgIpc) is 2.64. The number of alkyl halides is 3. The lowest BCUT2D eigenvalue weighted by molar-refractivity contribution is -0.277. The van der Waals surface area contributed by atoms with E-state index in [4.69, 9.17) is 9.47 Å². The zero-order valence-corrected chi connectivity index (χ0v) is 15.7. The van der Waals surface area contributed by atoms with Crippen molar-refractivity contribution in [3.05, 3.63) is 78.1 Å².